The molecular weight excluding hydrogens is 218 g/mol. The van der Waals surface area contributed by atoms with Crippen LogP contribution in [0, 0.1) is 0 Å². The van der Waals surface area contributed by atoms with Crippen LogP contribution in [0.2, 0.25) is 5.02 Å². The number of hydrogen-bond donors (Lipinski definition) is 0. The molecule has 0 N–H and O–H groups in total. The van der Waals surface area contributed by atoms with E-state index in [1.165, 1.54) is 0 Å². The standard InChI is InChI=1S/C10H8ClNOS/c1-14-9-6-13-12-10(9)7-4-2-3-5-8(7)11/h2-6H,1H3. The van der Waals surface area contributed by atoms with E-state index >= 15 is 0 Å². The summed E-state index contributed by atoms with van der Waals surface area (Å²) in [6.45, 7) is 0. The highest BCUT2D eigenvalue weighted by molar-refractivity contribution is 7.98. The monoisotopic (exact) mass is 225 g/mol. The van der Waals surface area contributed by atoms with Crippen molar-refractivity contribution in [2.45, 2.75) is 4.90 Å². The topological polar surface area (TPSA) is 26.0 Å². The van der Waals surface area contributed by atoms with Crippen LogP contribution in [-0.2, 0) is 0 Å². The van der Waals surface area contributed by atoms with Crippen LogP contribution in [0.4, 0.5) is 0 Å². The van der Waals surface area contributed by atoms with E-state index in [0.717, 1.165) is 16.2 Å². The van der Waals surface area contributed by atoms with Crippen molar-refractivity contribution >= 4 is 23.4 Å². The highest BCUT2D eigenvalue weighted by Gasteiger charge is 2.11. The van der Waals surface area contributed by atoms with Crippen molar-refractivity contribution in [3.8, 4) is 11.3 Å². The number of aromatic nitrogens is 1. The number of hydrogen-bond acceptors (Lipinski definition) is 3. The fourth-order valence-corrected chi connectivity index (χ4v) is 1.91. The molecule has 4 heteroatoms. The molecule has 1 heterocycles. The van der Waals surface area contributed by atoms with Crippen molar-refractivity contribution in [2.24, 2.45) is 0 Å². The lowest BCUT2D eigenvalue weighted by Gasteiger charge is -2.00. The van der Waals surface area contributed by atoms with E-state index < -0.39 is 0 Å². The minimum atomic E-state index is 0.691. The van der Waals surface area contributed by atoms with Gasteiger partial charge in [0.25, 0.3) is 0 Å². The number of thioether (sulfide) groups is 1. The fraction of sp³-hybridized carbons (Fsp3) is 0.100. The van der Waals surface area contributed by atoms with Gasteiger partial charge in [0.15, 0.2) is 0 Å². The highest BCUT2D eigenvalue weighted by atomic mass is 35.5. The molecule has 0 saturated heterocycles. The number of benzene rings is 1. The van der Waals surface area contributed by atoms with Crippen LogP contribution in [0.25, 0.3) is 11.3 Å². The normalized spacial score (nSPS) is 10.4. The Morgan fingerprint density at radius 1 is 1.36 bits per heavy atom. The zero-order chi connectivity index (χ0) is 9.97. The molecule has 2 aromatic rings. The second-order valence-electron chi connectivity index (χ2n) is 2.71. The summed E-state index contributed by atoms with van der Waals surface area (Å²) >= 11 is 7.64. The van der Waals surface area contributed by atoms with Crippen molar-refractivity contribution < 1.29 is 4.52 Å². The molecule has 0 aliphatic rings. The van der Waals surface area contributed by atoms with E-state index in [1.807, 2.05) is 30.5 Å². The van der Waals surface area contributed by atoms with Gasteiger partial charge in [0.2, 0.25) is 0 Å². The van der Waals surface area contributed by atoms with Crippen LogP contribution < -0.4 is 0 Å². The number of nitrogens with zero attached hydrogens (tertiary/aromatic N) is 1. The van der Waals surface area contributed by atoms with Gasteiger partial charge in [-0.3, -0.25) is 0 Å². The van der Waals surface area contributed by atoms with Gasteiger partial charge in [0, 0.05) is 5.56 Å². The van der Waals surface area contributed by atoms with Crippen molar-refractivity contribution in [1.82, 2.24) is 5.16 Å². The lowest BCUT2D eigenvalue weighted by molar-refractivity contribution is 0.420. The first-order valence-corrected chi connectivity index (χ1v) is 5.66. The number of halogens is 1. The summed E-state index contributed by atoms with van der Waals surface area (Å²) in [7, 11) is 0. The predicted octanol–water partition coefficient (Wildman–Crippen LogP) is 3.72. The van der Waals surface area contributed by atoms with Gasteiger partial charge in [-0.15, -0.1) is 11.8 Å². The zero-order valence-corrected chi connectivity index (χ0v) is 9.10. The summed E-state index contributed by atoms with van der Waals surface area (Å²) in [4.78, 5) is 0.998. The minimum Gasteiger partial charge on any atom is -0.363 e. The van der Waals surface area contributed by atoms with Gasteiger partial charge in [0.1, 0.15) is 12.0 Å². The second-order valence-corrected chi connectivity index (χ2v) is 3.97. The van der Waals surface area contributed by atoms with Gasteiger partial charge in [-0.05, 0) is 12.3 Å². The molecule has 0 spiro atoms. The molecule has 0 aliphatic heterocycles. The van der Waals surface area contributed by atoms with Gasteiger partial charge < -0.3 is 4.52 Å². The van der Waals surface area contributed by atoms with E-state index in [0.29, 0.717) is 5.02 Å². The first-order chi connectivity index (χ1) is 6.83. The van der Waals surface area contributed by atoms with Crippen LogP contribution in [0.5, 0.6) is 0 Å². The third-order valence-electron chi connectivity index (χ3n) is 1.89. The van der Waals surface area contributed by atoms with Crippen LogP contribution >= 0.6 is 23.4 Å². The summed E-state index contributed by atoms with van der Waals surface area (Å²) in [5, 5.41) is 4.63. The van der Waals surface area contributed by atoms with Gasteiger partial charge in [-0.25, -0.2) is 0 Å². The van der Waals surface area contributed by atoms with E-state index in [1.54, 1.807) is 18.0 Å². The molecule has 0 atom stereocenters. The fourth-order valence-electron chi connectivity index (χ4n) is 1.21. The Hall–Kier alpha value is -0.930. The maximum Gasteiger partial charge on any atom is 0.138 e. The van der Waals surface area contributed by atoms with Crippen molar-refractivity contribution in [2.75, 3.05) is 6.26 Å². The van der Waals surface area contributed by atoms with Crippen LogP contribution in [0.3, 0.4) is 0 Å². The summed E-state index contributed by atoms with van der Waals surface area (Å²) in [5.41, 5.74) is 1.72. The SMILES string of the molecule is CSc1conc1-c1ccccc1Cl. The number of rotatable bonds is 2. The Balaban J connectivity index is 2.54. The predicted molar refractivity (Wildman–Crippen MR) is 58.7 cm³/mol. The summed E-state index contributed by atoms with van der Waals surface area (Å²) in [6.07, 6.45) is 3.61. The zero-order valence-electron chi connectivity index (χ0n) is 7.53. The summed E-state index contributed by atoms with van der Waals surface area (Å²) in [5.74, 6) is 0. The van der Waals surface area contributed by atoms with Crippen LogP contribution in [0.15, 0.2) is 39.9 Å². The third kappa shape index (κ3) is 1.65. The molecule has 2 rings (SSSR count). The Bertz CT molecular complexity index is 441. The van der Waals surface area contributed by atoms with Gasteiger partial charge in [0.05, 0.1) is 9.92 Å². The van der Waals surface area contributed by atoms with E-state index in [4.69, 9.17) is 16.1 Å². The molecule has 0 unspecified atom stereocenters. The van der Waals surface area contributed by atoms with E-state index in [-0.39, 0.29) is 0 Å². The molecule has 0 radical (unpaired) electrons. The van der Waals surface area contributed by atoms with Gasteiger partial charge >= 0.3 is 0 Å². The maximum absolute atomic E-state index is 6.05. The average molecular weight is 226 g/mol. The Morgan fingerprint density at radius 2 is 2.14 bits per heavy atom. The molecule has 0 amide bonds. The molecule has 0 bridgehead atoms. The lowest BCUT2D eigenvalue weighted by atomic mass is 10.1. The van der Waals surface area contributed by atoms with E-state index in [2.05, 4.69) is 5.16 Å². The maximum atomic E-state index is 6.05. The second kappa shape index (κ2) is 4.07. The van der Waals surface area contributed by atoms with Gasteiger partial charge in [-0.2, -0.15) is 0 Å². The van der Waals surface area contributed by atoms with Crippen molar-refractivity contribution in [1.29, 1.82) is 0 Å². The summed E-state index contributed by atoms with van der Waals surface area (Å²) < 4.78 is 4.92. The molecule has 0 fully saturated rings. The minimum absolute atomic E-state index is 0.691. The molecule has 2 nitrogen and oxygen atoms in total. The van der Waals surface area contributed by atoms with Gasteiger partial charge in [-0.1, -0.05) is 35.0 Å². The Morgan fingerprint density at radius 3 is 2.86 bits per heavy atom. The smallest absolute Gasteiger partial charge is 0.138 e. The molecule has 1 aromatic heterocycles. The third-order valence-corrected chi connectivity index (χ3v) is 2.95. The Labute approximate surface area is 91.2 Å². The van der Waals surface area contributed by atoms with Crippen LogP contribution in [0.1, 0.15) is 0 Å². The molecular formula is C10H8ClNOS. The molecule has 0 aliphatic carbocycles. The van der Waals surface area contributed by atoms with E-state index in [9.17, 15) is 0 Å². The highest BCUT2D eigenvalue weighted by Crippen LogP contribution is 2.33. The Kier molecular flexibility index (Phi) is 2.79. The quantitative estimate of drug-likeness (QED) is 0.729. The van der Waals surface area contributed by atoms with Crippen molar-refractivity contribution in [3.05, 3.63) is 35.6 Å². The largest absolute Gasteiger partial charge is 0.363 e. The average Bonchev–Trinajstić information content (AvgIpc) is 2.66. The molecule has 1 aromatic carbocycles. The van der Waals surface area contributed by atoms with Crippen LogP contribution in [-0.4, -0.2) is 11.4 Å². The lowest BCUT2D eigenvalue weighted by Crippen LogP contribution is -1.80. The molecule has 0 saturated carbocycles. The first-order valence-electron chi connectivity index (χ1n) is 4.06. The summed E-state index contributed by atoms with van der Waals surface area (Å²) in [6, 6.07) is 7.60. The molecule has 72 valence electrons. The van der Waals surface area contributed by atoms with Crippen molar-refractivity contribution in [3.63, 3.8) is 0 Å². The first kappa shape index (κ1) is 9.62. The molecule has 14 heavy (non-hydrogen) atoms.